The second-order valence-corrected chi connectivity index (χ2v) is 2.63. The molecule has 2 rings (SSSR count). The molecule has 6 heteroatoms. The number of nitrogens with zero attached hydrogens (tertiary/aromatic N) is 2. The summed E-state index contributed by atoms with van der Waals surface area (Å²) in [5.41, 5.74) is 0. The van der Waals surface area contributed by atoms with Gasteiger partial charge in [-0.05, 0) is 6.92 Å². The lowest BCUT2D eigenvalue weighted by Crippen LogP contribution is -2.40. The molecule has 0 aromatic carbocycles. The Balaban J connectivity index is 0.000000605. The highest BCUT2D eigenvalue weighted by Gasteiger charge is 2.22. The van der Waals surface area contributed by atoms with Crippen molar-refractivity contribution in [1.82, 2.24) is 20.5 Å². The summed E-state index contributed by atoms with van der Waals surface area (Å²) in [5.74, 6) is 2.41. The fourth-order valence-electron chi connectivity index (χ4n) is 1.01. The lowest BCUT2D eigenvalue weighted by atomic mass is 10.0. The molecule has 70 valence electrons. The van der Waals surface area contributed by atoms with Gasteiger partial charge in [0.25, 0.3) is 0 Å². The van der Waals surface area contributed by atoms with Crippen molar-refractivity contribution in [2.45, 2.75) is 12.8 Å². The van der Waals surface area contributed by atoms with Gasteiger partial charge >= 0.3 is 0 Å². The van der Waals surface area contributed by atoms with Gasteiger partial charge in [0, 0.05) is 19.0 Å². The molecule has 1 aliphatic heterocycles. The molecule has 2 heterocycles. The molecule has 0 saturated carbocycles. The first kappa shape index (κ1) is 11.7. The van der Waals surface area contributed by atoms with Crippen LogP contribution < -0.4 is 5.32 Å². The number of aromatic amines is 1. The smallest absolute Gasteiger partial charge is 0.156 e. The molecule has 4 nitrogen and oxygen atoms in total. The topological polar surface area (TPSA) is 53.6 Å². The van der Waals surface area contributed by atoms with Crippen LogP contribution in [0.2, 0.25) is 0 Å². The summed E-state index contributed by atoms with van der Waals surface area (Å²) in [7, 11) is 0. The summed E-state index contributed by atoms with van der Waals surface area (Å²) < 4.78 is 0. The van der Waals surface area contributed by atoms with Gasteiger partial charge < -0.3 is 5.32 Å². The van der Waals surface area contributed by atoms with Crippen LogP contribution in [0.25, 0.3) is 0 Å². The van der Waals surface area contributed by atoms with Gasteiger partial charge in [-0.2, -0.15) is 5.10 Å². The fourth-order valence-corrected chi connectivity index (χ4v) is 1.01. The summed E-state index contributed by atoms with van der Waals surface area (Å²) in [6.07, 6.45) is 0. The largest absolute Gasteiger partial charge is 0.315 e. The molecule has 1 aromatic heterocycles. The zero-order chi connectivity index (χ0) is 6.97. The fraction of sp³-hybridized carbons (Fsp3) is 0.667. The maximum Gasteiger partial charge on any atom is 0.156 e. The number of rotatable bonds is 1. The van der Waals surface area contributed by atoms with Crippen molar-refractivity contribution < 1.29 is 0 Å². The minimum Gasteiger partial charge on any atom is -0.315 e. The standard InChI is InChI=1S/C6H10N4.2ClH/c1-4-8-6(10-9-4)5-2-7-3-5;;/h5,7H,2-3H2,1H3,(H,8,9,10);2*1H. The Kier molecular flexibility index (Phi) is 4.52. The van der Waals surface area contributed by atoms with Crippen molar-refractivity contribution >= 4 is 24.8 Å². The highest BCUT2D eigenvalue weighted by atomic mass is 35.5. The van der Waals surface area contributed by atoms with Gasteiger partial charge in [-0.25, -0.2) is 4.98 Å². The van der Waals surface area contributed by atoms with E-state index in [1.165, 1.54) is 0 Å². The molecule has 0 aliphatic carbocycles. The first-order chi connectivity index (χ1) is 4.86. The molecule has 1 fully saturated rings. The highest BCUT2D eigenvalue weighted by molar-refractivity contribution is 5.85. The van der Waals surface area contributed by atoms with Crippen molar-refractivity contribution in [3.05, 3.63) is 11.6 Å². The molecule has 1 aromatic rings. The second kappa shape index (κ2) is 4.64. The van der Waals surface area contributed by atoms with Crippen LogP contribution in [0, 0.1) is 6.92 Å². The third kappa shape index (κ3) is 2.09. The van der Waals surface area contributed by atoms with Gasteiger partial charge in [-0.15, -0.1) is 24.8 Å². The number of aryl methyl sites for hydroxylation is 1. The average molecular weight is 211 g/mol. The van der Waals surface area contributed by atoms with Gasteiger partial charge in [0.05, 0.1) is 0 Å². The quantitative estimate of drug-likeness (QED) is 0.716. The van der Waals surface area contributed by atoms with E-state index in [0.29, 0.717) is 5.92 Å². The van der Waals surface area contributed by atoms with Crippen LogP contribution in [-0.2, 0) is 0 Å². The minimum atomic E-state index is 0. The van der Waals surface area contributed by atoms with E-state index in [1.54, 1.807) is 0 Å². The van der Waals surface area contributed by atoms with Crippen LogP contribution in [-0.4, -0.2) is 28.3 Å². The Morgan fingerprint density at radius 1 is 1.33 bits per heavy atom. The van der Waals surface area contributed by atoms with Crippen LogP contribution in [0.3, 0.4) is 0 Å². The number of hydrogen-bond acceptors (Lipinski definition) is 3. The highest BCUT2D eigenvalue weighted by Crippen LogP contribution is 2.14. The minimum absolute atomic E-state index is 0. The van der Waals surface area contributed by atoms with Gasteiger partial charge in [0.15, 0.2) is 5.82 Å². The number of hydrogen-bond donors (Lipinski definition) is 2. The molecule has 12 heavy (non-hydrogen) atoms. The van der Waals surface area contributed by atoms with Crippen molar-refractivity contribution in [2.24, 2.45) is 0 Å². The summed E-state index contributed by atoms with van der Waals surface area (Å²) in [4.78, 5) is 4.23. The van der Waals surface area contributed by atoms with Crippen LogP contribution in [0.1, 0.15) is 17.6 Å². The van der Waals surface area contributed by atoms with Crippen molar-refractivity contribution in [2.75, 3.05) is 13.1 Å². The normalized spacial score (nSPS) is 15.8. The molecule has 0 amide bonds. The van der Waals surface area contributed by atoms with Crippen molar-refractivity contribution in [3.63, 3.8) is 0 Å². The third-order valence-corrected chi connectivity index (χ3v) is 1.76. The summed E-state index contributed by atoms with van der Waals surface area (Å²) in [6, 6.07) is 0. The Morgan fingerprint density at radius 3 is 2.33 bits per heavy atom. The summed E-state index contributed by atoms with van der Waals surface area (Å²) in [6.45, 7) is 3.97. The zero-order valence-corrected chi connectivity index (χ0v) is 8.34. The summed E-state index contributed by atoms with van der Waals surface area (Å²) >= 11 is 0. The Bertz CT molecular complexity index is 233. The van der Waals surface area contributed by atoms with E-state index >= 15 is 0 Å². The van der Waals surface area contributed by atoms with E-state index in [4.69, 9.17) is 0 Å². The monoisotopic (exact) mass is 210 g/mol. The predicted molar refractivity (Wildman–Crippen MR) is 51.2 cm³/mol. The lowest BCUT2D eigenvalue weighted by Gasteiger charge is -2.23. The van der Waals surface area contributed by atoms with Crippen LogP contribution in [0.4, 0.5) is 0 Å². The Hall–Kier alpha value is -0.320. The van der Waals surface area contributed by atoms with Crippen LogP contribution in [0.5, 0.6) is 0 Å². The first-order valence-corrected chi connectivity index (χ1v) is 3.46. The molecule has 2 N–H and O–H groups in total. The molecule has 0 radical (unpaired) electrons. The van der Waals surface area contributed by atoms with Gasteiger partial charge in [-0.3, -0.25) is 5.10 Å². The first-order valence-electron chi connectivity index (χ1n) is 3.46. The predicted octanol–water partition coefficient (Wildman–Crippen LogP) is 0.644. The van der Waals surface area contributed by atoms with E-state index in [2.05, 4.69) is 20.5 Å². The van der Waals surface area contributed by atoms with Crippen molar-refractivity contribution in [3.8, 4) is 0 Å². The number of aromatic nitrogens is 3. The Labute approximate surface area is 83.4 Å². The van der Waals surface area contributed by atoms with E-state index in [9.17, 15) is 0 Å². The molecule has 0 atom stereocenters. The average Bonchev–Trinajstić information content (AvgIpc) is 2.10. The third-order valence-electron chi connectivity index (χ3n) is 1.76. The van der Waals surface area contributed by atoms with E-state index in [0.717, 1.165) is 24.7 Å². The number of halogens is 2. The summed E-state index contributed by atoms with van der Waals surface area (Å²) in [5, 5.41) is 10.1. The SMILES string of the molecule is Cc1nc(C2CNC2)n[nH]1.Cl.Cl. The molecular weight excluding hydrogens is 199 g/mol. The zero-order valence-electron chi connectivity index (χ0n) is 6.70. The van der Waals surface area contributed by atoms with E-state index < -0.39 is 0 Å². The van der Waals surface area contributed by atoms with Gasteiger partial charge in [0.2, 0.25) is 0 Å². The lowest BCUT2D eigenvalue weighted by molar-refractivity contribution is 0.431. The maximum absolute atomic E-state index is 4.23. The Morgan fingerprint density at radius 2 is 2.00 bits per heavy atom. The van der Waals surface area contributed by atoms with Crippen LogP contribution in [0.15, 0.2) is 0 Å². The number of nitrogens with one attached hydrogen (secondary N) is 2. The van der Waals surface area contributed by atoms with Gasteiger partial charge in [0.1, 0.15) is 5.82 Å². The molecule has 1 saturated heterocycles. The number of H-pyrrole nitrogens is 1. The molecule has 0 spiro atoms. The second-order valence-electron chi connectivity index (χ2n) is 2.63. The molecular formula is C6H12Cl2N4. The molecule has 1 aliphatic rings. The van der Waals surface area contributed by atoms with Gasteiger partial charge in [-0.1, -0.05) is 0 Å². The van der Waals surface area contributed by atoms with Crippen LogP contribution >= 0.6 is 24.8 Å². The molecule has 0 bridgehead atoms. The molecule has 0 unspecified atom stereocenters. The maximum atomic E-state index is 4.23. The van der Waals surface area contributed by atoms with Crippen molar-refractivity contribution in [1.29, 1.82) is 0 Å². The van der Waals surface area contributed by atoms with E-state index in [-0.39, 0.29) is 24.8 Å². The van der Waals surface area contributed by atoms with E-state index in [1.807, 2.05) is 6.92 Å².